The highest BCUT2D eigenvalue weighted by Gasteiger charge is 2.21. The zero-order chi connectivity index (χ0) is 12.8. The third-order valence-corrected chi connectivity index (χ3v) is 2.31. The topological polar surface area (TPSA) is 55.8 Å². The zero-order valence-corrected chi connectivity index (χ0v) is 10.3. The molecule has 4 nitrogen and oxygen atoms in total. The third kappa shape index (κ3) is 4.07. The maximum atomic E-state index is 11.1. The molecule has 17 heavy (non-hydrogen) atoms. The normalized spacial score (nSPS) is 12.5. The highest BCUT2D eigenvalue weighted by Crippen LogP contribution is 2.20. The Balaban J connectivity index is 2.82. The fraction of sp³-hybridized carbons (Fsp3) is 0.462. The first kappa shape index (κ1) is 13.5. The van der Waals surface area contributed by atoms with Gasteiger partial charge < -0.3 is 14.6 Å². The monoisotopic (exact) mass is 238 g/mol. The van der Waals surface area contributed by atoms with E-state index in [1.54, 1.807) is 7.11 Å². The second-order valence-corrected chi connectivity index (χ2v) is 4.03. The summed E-state index contributed by atoms with van der Waals surface area (Å²) >= 11 is 0. The molecule has 0 aliphatic heterocycles. The SMILES string of the molecule is COc1ccccc1C[C@@H](OC(C)C)C(=O)O. The van der Waals surface area contributed by atoms with Crippen LogP contribution in [0, 0.1) is 0 Å². The number of rotatable bonds is 6. The van der Waals surface area contributed by atoms with E-state index in [0.717, 1.165) is 5.56 Å². The van der Waals surface area contributed by atoms with Crippen molar-refractivity contribution in [3.05, 3.63) is 29.8 Å². The zero-order valence-electron chi connectivity index (χ0n) is 10.3. The number of carboxylic acid groups (broad SMARTS) is 1. The summed E-state index contributed by atoms with van der Waals surface area (Å²) in [6.45, 7) is 3.64. The van der Waals surface area contributed by atoms with Crippen LogP contribution in [0.25, 0.3) is 0 Å². The molecule has 4 heteroatoms. The highest BCUT2D eigenvalue weighted by atomic mass is 16.5. The molecule has 1 aromatic carbocycles. The fourth-order valence-corrected chi connectivity index (χ4v) is 1.59. The van der Waals surface area contributed by atoms with Crippen molar-refractivity contribution >= 4 is 5.97 Å². The standard InChI is InChI=1S/C13H18O4/c1-9(2)17-12(13(14)15)8-10-6-4-5-7-11(10)16-3/h4-7,9,12H,8H2,1-3H3,(H,14,15)/t12-/m1/s1. The first-order valence-electron chi connectivity index (χ1n) is 5.54. The van der Waals surface area contributed by atoms with E-state index in [4.69, 9.17) is 14.6 Å². The molecule has 0 spiro atoms. The summed E-state index contributed by atoms with van der Waals surface area (Å²) < 4.78 is 10.5. The molecule has 1 aromatic rings. The lowest BCUT2D eigenvalue weighted by molar-refractivity contribution is -0.153. The summed E-state index contributed by atoms with van der Waals surface area (Å²) in [5.41, 5.74) is 0.836. The van der Waals surface area contributed by atoms with Crippen molar-refractivity contribution in [3.8, 4) is 5.75 Å². The van der Waals surface area contributed by atoms with Crippen LogP contribution >= 0.6 is 0 Å². The van der Waals surface area contributed by atoms with Crippen molar-refractivity contribution in [2.45, 2.75) is 32.5 Å². The molecule has 0 bridgehead atoms. The van der Waals surface area contributed by atoms with Crippen molar-refractivity contribution < 1.29 is 19.4 Å². The average Bonchev–Trinajstić information content (AvgIpc) is 2.28. The van der Waals surface area contributed by atoms with Crippen molar-refractivity contribution in [1.82, 2.24) is 0 Å². The van der Waals surface area contributed by atoms with Crippen LogP contribution < -0.4 is 4.74 Å². The molecule has 0 heterocycles. The summed E-state index contributed by atoms with van der Waals surface area (Å²) in [5, 5.41) is 9.08. The van der Waals surface area contributed by atoms with Gasteiger partial charge in [0.15, 0.2) is 6.10 Å². The number of methoxy groups -OCH3 is 1. The van der Waals surface area contributed by atoms with Gasteiger partial charge in [-0.1, -0.05) is 18.2 Å². The van der Waals surface area contributed by atoms with E-state index in [-0.39, 0.29) is 6.10 Å². The van der Waals surface area contributed by atoms with Crippen LogP contribution in [0.5, 0.6) is 5.75 Å². The maximum Gasteiger partial charge on any atom is 0.333 e. The van der Waals surface area contributed by atoms with E-state index < -0.39 is 12.1 Å². The van der Waals surface area contributed by atoms with E-state index >= 15 is 0 Å². The van der Waals surface area contributed by atoms with Crippen molar-refractivity contribution in [3.63, 3.8) is 0 Å². The molecule has 0 radical (unpaired) electrons. The van der Waals surface area contributed by atoms with Crippen LogP contribution in [0.1, 0.15) is 19.4 Å². The van der Waals surface area contributed by atoms with E-state index in [1.807, 2.05) is 38.1 Å². The van der Waals surface area contributed by atoms with Gasteiger partial charge in [0.05, 0.1) is 13.2 Å². The van der Waals surface area contributed by atoms with Crippen LogP contribution in [0.4, 0.5) is 0 Å². The lowest BCUT2D eigenvalue weighted by Crippen LogP contribution is -2.29. The molecule has 94 valence electrons. The van der Waals surface area contributed by atoms with Gasteiger partial charge in [-0.15, -0.1) is 0 Å². The summed E-state index contributed by atoms with van der Waals surface area (Å²) in [4.78, 5) is 11.1. The number of aliphatic carboxylic acids is 1. The number of ether oxygens (including phenoxy) is 2. The van der Waals surface area contributed by atoms with Crippen molar-refractivity contribution in [2.75, 3.05) is 7.11 Å². The van der Waals surface area contributed by atoms with Gasteiger partial charge in [0, 0.05) is 6.42 Å². The van der Waals surface area contributed by atoms with Gasteiger partial charge in [-0.3, -0.25) is 0 Å². The largest absolute Gasteiger partial charge is 0.496 e. The Morgan fingerprint density at radius 1 is 1.35 bits per heavy atom. The number of carbonyl (C=O) groups is 1. The molecule has 0 aliphatic carbocycles. The van der Waals surface area contributed by atoms with Crippen LogP contribution in [0.15, 0.2) is 24.3 Å². The van der Waals surface area contributed by atoms with E-state index in [2.05, 4.69) is 0 Å². The van der Waals surface area contributed by atoms with Gasteiger partial charge >= 0.3 is 5.97 Å². The molecule has 1 rings (SSSR count). The van der Waals surface area contributed by atoms with Gasteiger partial charge in [-0.2, -0.15) is 0 Å². The molecule has 0 saturated carbocycles. The van der Waals surface area contributed by atoms with Gasteiger partial charge in [0.25, 0.3) is 0 Å². The van der Waals surface area contributed by atoms with Gasteiger partial charge in [-0.25, -0.2) is 4.79 Å². The first-order chi connectivity index (χ1) is 8.04. The number of hydrogen-bond acceptors (Lipinski definition) is 3. The van der Waals surface area contributed by atoms with Crippen LogP contribution in [-0.4, -0.2) is 30.4 Å². The first-order valence-corrected chi connectivity index (χ1v) is 5.54. The number of carboxylic acids is 1. The second-order valence-electron chi connectivity index (χ2n) is 4.03. The summed E-state index contributed by atoms with van der Waals surface area (Å²) in [6.07, 6.45) is -0.658. The molecule has 0 unspecified atom stereocenters. The Morgan fingerprint density at radius 3 is 2.53 bits per heavy atom. The van der Waals surface area contributed by atoms with Crippen LogP contribution in [0.3, 0.4) is 0 Å². The predicted molar refractivity (Wildman–Crippen MR) is 64.3 cm³/mol. The molecule has 0 aromatic heterocycles. The number of para-hydroxylation sites is 1. The molecular formula is C13H18O4. The Morgan fingerprint density at radius 2 is 2.00 bits per heavy atom. The Bertz CT molecular complexity index is 373. The van der Waals surface area contributed by atoms with Crippen LogP contribution in [-0.2, 0) is 16.0 Å². The summed E-state index contributed by atoms with van der Waals surface area (Å²) in [6, 6.07) is 7.36. The molecular weight excluding hydrogens is 220 g/mol. The number of benzene rings is 1. The molecule has 0 aliphatic rings. The van der Waals surface area contributed by atoms with Crippen molar-refractivity contribution in [2.24, 2.45) is 0 Å². The highest BCUT2D eigenvalue weighted by molar-refractivity contribution is 5.73. The fourth-order valence-electron chi connectivity index (χ4n) is 1.59. The minimum absolute atomic E-state index is 0.120. The second kappa shape index (κ2) is 6.25. The minimum atomic E-state index is -0.954. The minimum Gasteiger partial charge on any atom is -0.496 e. The quantitative estimate of drug-likeness (QED) is 0.824. The summed E-state index contributed by atoms with van der Waals surface area (Å²) in [5.74, 6) is -0.268. The molecule has 1 N–H and O–H groups in total. The van der Waals surface area contributed by atoms with Gasteiger partial charge in [-0.05, 0) is 25.5 Å². The number of hydrogen-bond donors (Lipinski definition) is 1. The van der Waals surface area contributed by atoms with E-state index in [0.29, 0.717) is 12.2 Å². The van der Waals surface area contributed by atoms with E-state index in [1.165, 1.54) is 0 Å². The molecule has 1 atom stereocenters. The van der Waals surface area contributed by atoms with Crippen LogP contribution in [0.2, 0.25) is 0 Å². The molecule has 0 amide bonds. The average molecular weight is 238 g/mol. The third-order valence-electron chi connectivity index (χ3n) is 2.31. The van der Waals surface area contributed by atoms with Crippen molar-refractivity contribution in [1.29, 1.82) is 0 Å². The smallest absolute Gasteiger partial charge is 0.333 e. The lowest BCUT2D eigenvalue weighted by atomic mass is 10.1. The molecule has 0 fully saturated rings. The predicted octanol–water partition coefficient (Wildman–Crippen LogP) is 2.12. The molecule has 0 saturated heterocycles. The van der Waals surface area contributed by atoms with Gasteiger partial charge in [0.1, 0.15) is 5.75 Å². The Kier molecular flexibility index (Phi) is 4.97. The van der Waals surface area contributed by atoms with Gasteiger partial charge in [0.2, 0.25) is 0 Å². The Hall–Kier alpha value is -1.55. The maximum absolute atomic E-state index is 11.1. The Labute approximate surface area is 101 Å². The summed E-state index contributed by atoms with van der Waals surface area (Å²) in [7, 11) is 1.57. The van der Waals surface area contributed by atoms with E-state index in [9.17, 15) is 4.79 Å². The lowest BCUT2D eigenvalue weighted by Gasteiger charge is -2.17.